The van der Waals surface area contributed by atoms with Crippen LogP contribution in [0.3, 0.4) is 0 Å². The van der Waals surface area contributed by atoms with Crippen LogP contribution in [0.5, 0.6) is 17.2 Å². The molecule has 1 aliphatic rings. The zero-order chi connectivity index (χ0) is 17.1. The standard InChI is InChI=1S/C20H24O4/c1-13(2)12-22-14(3)16-7-10-18-19(11-16)24-20(23-18)15-5-8-17(21-4)9-6-15/h5-11,13-14,20H,12H2,1-4H3. The van der Waals surface area contributed by atoms with E-state index < -0.39 is 6.29 Å². The summed E-state index contributed by atoms with van der Waals surface area (Å²) in [7, 11) is 1.65. The summed E-state index contributed by atoms with van der Waals surface area (Å²) < 4.78 is 22.9. The van der Waals surface area contributed by atoms with Gasteiger partial charge in [0.15, 0.2) is 11.5 Å². The molecule has 2 aromatic carbocycles. The molecule has 128 valence electrons. The van der Waals surface area contributed by atoms with Gasteiger partial charge in [0, 0.05) is 12.2 Å². The topological polar surface area (TPSA) is 36.9 Å². The van der Waals surface area contributed by atoms with Crippen molar-refractivity contribution >= 4 is 0 Å². The number of ether oxygens (including phenoxy) is 4. The van der Waals surface area contributed by atoms with Gasteiger partial charge in [-0.05, 0) is 54.8 Å². The molecule has 0 N–H and O–H groups in total. The number of benzene rings is 2. The maximum atomic E-state index is 5.96. The summed E-state index contributed by atoms with van der Waals surface area (Å²) in [5.74, 6) is 2.84. The first kappa shape index (κ1) is 16.7. The zero-order valence-corrected chi connectivity index (χ0v) is 14.6. The monoisotopic (exact) mass is 328 g/mol. The van der Waals surface area contributed by atoms with Crippen LogP contribution < -0.4 is 14.2 Å². The van der Waals surface area contributed by atoms with Gasteiger partial charge >= 0.3 is 0 Å². The number of rotatable bonds is 6. The summed E-state index contributed by atoms with van der Waals surface area (Å²) in [4.78, 5) is 0. The van der Waals surface area contributed by atoms with Crippen LogP contribution in [-0.2, 0) is 4.74 Å². The third kappa shape index (κ3) is 3.65. The minimum Gasteiger partial charge on any atom is -0.497 e. The second-order valence-electron chi connectivity index (χ2n) is 6.42. The van der Waals surface area contributed by atoms with Gasteiger partial charge in [0.2, 0.25) is 0 Å². The third-order valence-corrected chi connectivity index (χ3v) is 3.97. The number of fused-ring (bicyclic) bond motifs is 1. The van der Waals surface area contributed by atoms with Crippen LogP contribution in [0.4, 0.5) is 0 Å². The summed E-state index contributed by atoms with van der Waals surface area (Å²) in [6.45, 7) is 7.09. The van der Waals surface area contributed by atoms with E-state index in [1.165, 1.54) is 0 Å². The van der Waals surface area contributed by atoms with E-state index in [-0.39, 0.29) is 6.10 Å². The average Bonchev–Trinajstić information content (AvgIpc) is 3.02. The molecule has 1 aliphatic heterocycles. The molecule has 2 aromatic rings. The number of hydrogen-bond donors (Lipinski definition) is 0. The maximum Gasteiger partial charge on any atom is 0.267 e. The van der Waals surface area contributed by atoms with Crippen LogP contribution in [0.1, 0.15) is 44.3 Å². The van der Waals surface area contributed by atoms with Crippen molar-refractivity contribution in [1.82, 2.24) is 0 Å². The van der Waals surface area contributed by atoms with Crippen molar-refractivity contribution in [2.75, 3.05) is 13.7 Å². The first-order valence-corrected chi connectivity index (χ1v) is 8.29. The Bertz CT molecular complexity index is 679. The fourth-order valence-electron chi connectivity index (χ4n) is 2.55. The molecule has 0 aliphatic carbocycles. The fourth-order valence-corrected chi connectivity index (χ4v) is 2.55. The van der Waals surface area contributed by atoms with Gasteiger partial charge in [-0.15, -0.1) is 0 Å². The Morgan fingerprint density at radius 3 is 2.33 bits per heavy atom. The van der Waals surface area contributed by atoms with Crippen molar-refractivity contribution in [1.29, 1.82) is 0 Å². The van der Waals surface area contributed by atoms with E-state index in [1.807, 2.05) is 42.5 Å². The van der Waals surface area contributed by atoms with E-state index in [4.69, 9.17) is 18.9 Å². The molecular weight excluding hydrogens is 304 g/mol. The van der Waals surface area contributed by atoms with Gasteiger partial charge in [0.25, 0.3) is 6.29 Å². The highest BCUT2D eigenvalue weighted by Crippen LogP contribution is 2.42. The van der Waals surface area contributed by atoms with Crippen molar-refractivity contribution in [3.05, 3.63) is 53.6 Å². The van der Waals surface area contributed by atoms with Gasteiger partial charge in [0.1, 0.15) is 5.75 Å². The summed E-state index contributed by atoms with van der Waals surface area (Å²) >= 11 is 0. The third-order valence-electron chi connectivity index (χ3n) is 3.97. The Balaban J connectivity index is 1.70. The molecule has 4 heteroatoms. The zero-order valence-electron chi connectivity index (χ0n) is 14.6. The van der Waals surface area contributed by atoms with Gasteiger partial charge in [0.05, 0.1) is 13.2 Å². The molecule has 4 nitrogen and oxygen atoms in total. The molecule has 1 heterocycles. The van der Waals surface area contributed by atoms with E-state index in [0.29, 0.717) is 5.92 Å². The summed E-state index contributed by atoms with van der Waals surface area (Å²) in [5.41, 5.74) is 2.05. The second-order valence-corrected chi connectivity index (χ2v) is 6.42. The quantitative estimate of drug-likeness (QED) is 0.756. The predicted molar refractivity (Wildman–Crippen MR) is 92.6 cm³/mol. The Morgan fingerprint density at radius 1 is 0.958 bits per heavy atom. The SMILES string of the molecule is COc1ccc(C2Oc3ccc(C(C)OCC(C)C)cc3O2)cc1. The summed E-state index contributed by atoms with van der Waals surface area (Å²) in [5, 5.41) is 0. The second kappa shape index (κ2) is 7.14. The van der Waals surface area contributed by atoms with Crippen LogP contribution in [0.15, 0.2) is 42.5 Å². The summed E-state index contributed by atoms with van der Waals surface area (Å²) in [6.07, 6.45) is -0.394. The highest BCUT2D eigenvalue weighted by Gasteiger charge is 2.26. The van der Waals surface area contributed by atoms with Crippen LogP contribution in [-0.4, -0.2) is 13.7 Å². The lowest BCUT2D eigenvalue weighted by Gasteiger charge is -2.15. The highest BCUT2D eigenvalue weighted by molar-refractivity contribution is 5.46. The number of hydrogen-bond acceptors (Lipinski definition) is 4. The maximum absolute atomic E-state index is 5.96. The normalized spacial score (nSPS) is 17.1. The molecule has 24 heavy (non-hydrogen) atoms. The molecule has 0 bridgehead atoms. The molecule has 3 rings (SSSR count). The molecule has 2 atom stereocenters. The molecule has 2 unspecified atom stereocenters. The van der Waals surface area contributed by atoms with Crippen molar-refractivity contribution in [3.63, 3.8) is 0 Å². The minimum atomic E-state index is -0.423. The van der Waals surface area contributed by atoms with Gasteiger partial charge in [-0.25, -0.2) is 0 Å². The van der Waals surface area contributed by atoms with Crippen molar-refractivity contribution in [2.45, 2.75) is 33.2 Å². The van der Waals surface area contributed by atoms with E-state index in [0.717, 1.165) is 35.0 Å². The predicted octanol–water partition coefficient (Wildman–Crippen LogP) is 4.90. The van der Waals surface area contributed by atoms with Crippen molar-refractivity contribution in [2.24, 2.45) is 5.92 Å². The number of methoxy groups -OCH3 is 1. The molecule has 0 radical (unpaired) electrons. The molecule has 0 saturated carbocycles. The molecule has 0 aromatic heterocycles. The lowest BCUT2D eigenvalue weighted by Crippen LogP contribution is -2.07. The average molecular weight is 328 g/mol. The van der Waals surface area contributed by atoms with Gasteiger partial charge < -0.3 is 18.9 Å². The van der Waals surface area contributed by atoms with Crippen LogP contribution in [0.2, 0.25) is 0 Å². The largest absolute Gasteiger partial charge is 0.497 e. The van der Waals surface area contributed by atoms with E-state index in [9.17, 15) is 0 Å². The Kier molecular flexibility index (Phi) is 4.95. The summed E-state index contributed by atoms with van der Waals surface area (Å²) in [6, 6.07) is 13.7. The van der Waals surface area contributed by atoms with Gasteiger partial charge in [-0.2, -0.15) is 0 Å². The van der Waals surface area contributed by atoms with Crippen LogP contribution in [0.25, 0.3) is 0 Å². The van der Waals surface area contributed by atoms with E-state index in [1.54, 1.807) is 7.11 Å². The smallest absolute Gasteiger partial charge is 0.267 e. The first-order valence-electron chi connectivity index (χ1n) is 8.29. The molecular formula is C20H24O4. The highest BCUT2D eigenvalue weighted by atomic mass is 16.7. The van der Waals surface area contributed by atoms with Crippen molar-refractivity contribution < 1.29 is 18.9 Å². The minimum absolute atomic E-state index is 0.0290. The van der Waals surface area contributed by atoms with Crippen molar-refractivity contribution in [3.8, 4) is 17.2 Å². The fraction of sp³-hybridized carbons (Fsp3) is 0.400. The Labute approximate surface area is 143 Å². The lowest BCUT2D eigenvalue weighted by atomic mass is 10.1. The van der Waals surface area contributed by atoms with E-state index in [2.05, 4.69) is 20.8 Å². The van der Waals surface area contributed by atoms with Gasteiger partial charge in [-0.1, -0.05) is 19.9 Å². The Morgan fingerprint density at radius 2 is 1.67 bits per heavy atom. The molecule has 0 saturated heterocycles. The molecule has 0 amide bonds. The lowest BCUT2D eigenvalue weighted by molar-refractivity contribution is 0.0449. The van der Waals surface area contributed by atoms with Crippen LogP contribution >= 0.6 is 0 Å². The molecule has 0 spiro atoms. The van der Waals surface area contributed by atoms with E-state index >= 15 is 0 Å². The molecule has 0 fully saturated rings. The first-order chi connectivity index (χ1) is 11.6. The van der Waals surface area contributed by atoms with Crippen LogP contribution in [0, 0.1) is 5.92 Å². The van der Waals surface area contributed by atoms with Gasteiger partial charge in [-0.3, -0.25) is 0 Å². The Hall–Kier alpha value is -2.20.